The Hall–Kier alpha value is -2.40. The normalized spacial score (nSPS) is 20.2. The average molecular weight is 476 g/mol. The number of sulfonamides is 1. The van der Waals surface area contributed by atoms with Crippen molar-refractivity contribution in [2.24, 2.45) is 0 Å². The largest absolute Gasteiger partial charge is 0.379 e. The number of hydrogen-bond donors (Lipinski definition) is 0. The van der Waals surface area contributed by atoms with Gasteiger partial charge in [0.05, 0.1) is 29.5 Å². The van der Waals surface area contributed by atoms with E-state index >= 15 is 0 Å². The maximum Gasteiger partial charge on any atom is 0.254 e. The Morgan fingerprint density at radius 2 is 1.91 bits per heavy atom. The van der Waals surface area contributed by atoms with Gasteiger partial charge in [-0.2, -0.15) is 4.31 Å². The fourth-order valence-electron chi connectivity index (χ4n) is 4.23. The fraction of sp³-hybridized carbons (Fsp3) is 0.364. The number of halogens is 1. The van der Waals surface area contributed by atoms with Crippen molar-refractivity contribution >= 4 is 37.5 Å². The highest BCUT2D eigenvalue weighted by Gasteiger charge is 2.35. The molecule has 5 rings (SSSR count). The van der Waals surface area contributed by atoms with Gasteiger partial charge in [0.25, 0.3) is 5.91 Å². The Kier molecular flexibility index (Phi) is 5.70. The molecule has 0 aliphatic carbocycles. The number of carbonyl (C=O) groups excluding carboxylic acids is 1. The number of hydrogen-bond acceptors (Lipinski definition) is 6. The zero-order valence-corrected chi connectivity index (χ0v) is 18.9. The van der Waals surface area contributed by atoms with Crippen LogP contribution in [0.4, 0.5) is 4.39 Å². The van der Waals surface area contributed by atoms with E-state index in [4.69, 9.17) is 9.72 Å². The molecule has 1 atom stereocenters. The first-order valence-corrected chi connectivity index (χ1v) is 12.7. The summed E-state index contributed by atoms with van der Waals surface area (Å²) < 4.78 is 48.0. The van der Waals surface area contributed by atoms with E-state index in [0.717, 1.165) is 40.2 Å². The number of benzene rings is 2. The Labute approximate surface area is 189 Å². The maximum atomic E-state index is 14.6. The molecule has 3 aromatic rings. The molecule has 1 aromatic heterocycles. The van der Waals surface area contributed by atoms with Crippen LogP contribution in [0.25, 0.3) is 10.2 Å². The van der Waals surface area contributed by atoms with E-state index in [2.05, 4.69) is 0 Å². The molecule has 0 saturated carbocycles. The number of ether oxygens (including phenoxy) is 1. The Morgan fingerprint density at radius 1 is 1.12 bits per heavy atom. The second kappa shape index (κ2) is 8.51. The summed E-state index contributed by atoms with van der Waals surface area (Å²) in [6.45, 7) is 1.38. The summed E-state index contributed by atoms with van der Waals surface area (Å²) >= 11 is 1.56. The van der Waals surface area contributed by atoms with Gasteiger partial charge in [-0.25, -0.2) is 17.8 Å². The van der Waals surface area contributed by atoms with E-state index in [9.17, 15) is 17.6 Å². The molecule has 3 heterocycles. The number of likely N-dealkylation sites (tertiary alicyclic amines) is 1. The molecule has 2 fully saturated rings. The highest BCUT2D eigenvalue weighted by molar-refractivity contribution is 7.89. The lowest BCUT2D eigenvalue weighted by Gasteiger charge is -2.27. The molecule has 0 bridgehead atoms. The zero-order chi connectivity index (χ0) is 22.3. The predicted molar refractivity (Wildman–Crippen MR) is 119 cm³/mol. The first-order valence-electron chi connectivity index (χ1n) is 10.5. The standard InChI is InChI=1S/C22H22FN3O4S2/c23-16-8-7-15(14-20(16)32(28,29)25-10-12-30-13-11-25)22(27)26-9-3-5-18(26)21-24-17-4-1-2-6-19(17)31-21/h1-2,4,6-8,14,18H,3,5,9-13H2. The van der Waals surface area contributed by atoms with Crippen molar-refractivity contribution in [3.05, 3.63) is 58.9 Å². The van der Waals surface area contributed by atoms with Crippen LogP contribution >= 0.6 is 11.3 Å². The lowest BCUT2D eigenvalue weighted by Crippen LogP contribution is -2.41. The van der Waals surface area contributed by atoms with Gasteiger partial charge in [0.15, 0.2) is 0 Å². The summed E-state index contributed by atoms with van der Waals surface area (Å²) in [5.74, 6) is -1.18. The minimum atomic E-state index is -4.06. The van der Waals surface area contributed by atoms with Crippen molar-refractivity contribution in [2.45, 2.75) is 23.8 Å². The fourth-order valence-corrected chi connectivity index (χ4v) is 6.84. The number of fused-ring (bicyclic) bond motifs is 1. The maximum absolute atomic E-state index is 14.6. The third-order valence-corrected chi connectivity index (χ3v) is 8.93. The number of para-hydroxylation sites is 1. The third kappa shape index (κ3) is 3.81. The van der Waals surface area contributed by atoms with Gasteiger partial charge in [-0.1, -0.05) is 12.1 Å². The molecule has 0 N–H and O–H groups in total. The number of thiazole rings is 1. The van der Waals surface area contributed by atoms with Crippen LogP contribution in [0.3, 0.4) is 0 Å². The van der Waals surface area contributed by atoms with Gasteiger partial charge in [-0.15, -0.1) is 11.3 Å². The van der Waals surface area contributed by atoms with Crippen molar-refractivity contribution in [2.75, 3.05) is 32.8 Å². The van der Waals surface area contributed by atoms with Gasteiger partial charge in [-0.3, -0.25) is 4.79 Å². The van der Waals surface area contributed by atoms with Crippen LogP contribution in [0, 0.1) is 5.82 Å². The van der Waals surface area contributed by atoms with Crippen LogP contribution in [0.15, 0.2) is 47.4 Å². The zero-order valence-electron chi connectivity index (χ0n) is 17.2. The summed E-state index contributed by atoms with van der Waals surface area (Å²) in [7, 11) is -4.06. The summed E-state index contributed by atoms with van der Waals surface area (Å²) in [6.07, 6.45) is 1.61. The first kappa shape index (κ1) is 21.4. The molecule has 2 aliphatic heterocycles. The van der Waals surface area contributed by atoms with Crippen molar-refractivity contribution < 1.29 is 22.3 Å². The van der Waals surface area contributed by atoms with Crippen molar-refractivity contribution in [3.63, 3.8) is 0 Å². The highest BCUT2D eigenvalue weighted by Crippen LogP contribution is 2.37. The summed E-state index contributed by atoms with van der Waals surface area (Å²) in [5, 5.41) is 0.861. The van der Waals surface area contributed by atoms with Gasteiger partial charge < -0.3 is 9.64 Å². The molecule has 2 aliphatic rings. The molecule has 10 heteroatoms. The van der Waals surface area contributed by atoms with Gasteiger partial charge in [0, 0.05) is 25.2 Å². The first-order chi connectivity index (χ1) is 15.4. The molecule has 1 unspecified atom stereocenters. The van der Waals surface area contributed by atoms with Crippen LogP contribution < -0.4 is 0 Å². The molecular formula is C22H22FN3O4S2. The summed E-state index contributed by atoms with van der Waals surface area (Å²) in [6, 6.07) is 11.2. The van der Waals surface area contributed by atoms with Crippen LogP contribution in [0.2, 0.25) is 0 Å². The number of rotatable bonds is 4. The van der Waals surface area contributed by atoms with Crippen molar-refractivity contribution in [1.82, 2.24) is 14.2 Å². The molecule has 32 heavy (non-hydrogen) atoms. The molecule has 7 nitrogen and oxygen atoms in total. The van der Waals surface area contributed by atoms with E-state index in [1.165, 1.54) is 10.4 Å². The summed E-state index contributed by atoms with van der Waals surface area (Å²) in [5.41, 5.74) is 1.05. The molecule has 0 spiro atoms. The predicted octanol–water partition coefficient (Wildman–Crippen LogP) is 3.43. The minimum Gasteiger partial charge on any atom is -0.379 e. The second-order valence-corrected chi connectivity index (χ2v) is 10.8. The third-order valence-electron chi connectivity index (χ3n) is 5.88. The van der Waals surface area contributed by atoms with Crippen molar-refractivity contribution in [1.29, 1.82) is 0 Å². The van der Waals surface area contributed by atoms with Gasteiger partial charge in [-0.05, 0) is 43.2 Å². The number of aromatic nitrogens is 1. The van der Waals surface area contributed by atoms with Crippen LogP contribution in [-0.2, 0) is 14.8 Å². The van der Waals surface area contributed by atoms with E-state index < -0.39 is 20.7 Å². The Bertz CT molecular complexity index is 1240. The van der Waals surface area contributed by atoms with Crippen LogP contribution in [-0.4, -0.2) is 61.4 Å². The lowest BCUT2D eigenvalue weighted by atomic mass is 10.1. The van der Waals surface area contributed by atoms with E-state index in [0.29, 0.717) is 6.54 Å². The Morgan fingerprint density at radius 3 is 2.69 bits per heavy atom. The van der Waals surface area contributed by atoms with E-state index in [1.54, 1.807) is 16.2 Å². The lowest BCUT2D eigenvalue weighted by molar-refractivity contribution is 0.0726. The second-order valence-electron chi connectivity index (χ2n) is 7.84. The van der Waals surface area contributed by atoms with Gasteiger partial charge in [0.2, 0.25) is 10.0 Å². The molecule has 168 valence electrons. The van der Waals surface area contributed by atoms with Gasteiger partial charge >= 0.3 is 0 Å². The Balaban J connectivity index is 1.45. The van der Waals surface area contributed by atoms with Gasteiger partial charge in [0.1, 0.15) is 15.7 Å². The molecule has 2 saturated heterocycles. The van der Waals surface area contributed by atoms with E-state index in [-0.39, 0.29) is 43.8 Å². The van der Waals surface area contributed by atoms with Crippen LogP contribution in [0.1, 0.15) is 34.2 Å². The summed E-state index contributed by atoms with van der Waals surface area (Å²) in [4.78, 5) is 19.3. The SMILES string of the molecule is O=C(c1ccc(F)c(S(=O)(=O)N2CCOCC2)c1)N1CCCC1c1nc2ccccc2s1. The number of carbonyl (C=O) groups is 1. The highest BCUT2D eigenvalue weighted by atomic mass is 32.2. The molecular weight excluding hydrogens is 453 g/mol. The number of amides is 1. The molecule has 2 aromatic carbocycles. The monoisotopic (exact) mass is 475 g/mol. The minimum absolute atomic E-state index is 0.158. The van der Waals surface area contributed by atoms with E-state index in [1.807, 2.05) is 24.3 Å². The number of morpholine rings is 1. The molecule has 0 radical (unpaired) electrons. The average Bonchev–Trinajstić information content (AvgIpc) is 3.46. The topological polar surface area (TPSA) is 79.8 Å². The smallest absolute Gasteiger partial charge is 0.254 e. The quantitative estimate of drug-likeness (QED) is 0.578. The van der Waals surface area contributed by atoms with Crippen LogP contribution in [0.5, 0.6) is 0 Å². The molecule has 1 amide bonds. The number of nitrogens with zero attached hydrogens (tertiary/aromatic N) is 3. The van der Waals surface area contributed by atoms with Crippen molar-refractivity contribution in [3.8, 4) is 0 Å².